The number of anilines is 1. The first-order valence-corrected chi connectivity index (χ1v) is 10.1. The number of nitrogens with two attached hydrogens (primary N) is 3. The molecule has 1 aromatic heterocycles. The molecule has 0 saturated carbocycles. The SMILES string of the molecule is C/C(N)=C/C(C)=C(\C)Cc1cc(-c2ccc(CN)cc2)nc(NC(C)C)c1CN. The maximum absolute atomic E-state index is 6.14. The Morgan fingerprint density at radius 1 is 1.07 bits per heavy atom. The van der Waals surface area contributed by atoms with Crippen molar-refractivity contribution in [1.82, 2.24) is 4.98 Å². The van der Waals surface area contributed by atoms with Gasteiger partial charge in [-0.25, -0.2) is 4.98 Å². The Bertz CT molecular complexity index is 888. The van der Waals surface area contributed by atoms with E-state index in [9.17, 15) is 0 Å². The van der Waals surface area contributed by atoms with Crippen LogP contribution in [0, 0.1) is 0 Å². The van der Waals surface area contributed by atoms with Gasteiger partial charge in [0.1, 0.15) is 5.82 Å². The van der Waals surface area contributed by atoms with Gasteiger partial charge in [0.25, 0.3) is 0 Å². The second-order valence-corrected chi connectivity index (χ2v) is 7.93. The molecular formula is C24H35N5. The van der Waals surface area contributed by atoms with Crippen molar-refractivity contribution >= 4 is 5.82 Å². The molecule has 0 unspecified atom stereocenters. The molecule has 0 aliphatic carbocycles. The topological polar surface area (TPSA) is 103 Å². The molecular weight excluding hydrogens is 358 g/mol. The smallest absolute Gasteiger partial charge is 0.131 e. The molecule has 1 heterocycles. The van der Waals surface area contributed by atoms with E-state index in [4.69, 9.17) is 22.2 Å². The van der Waals surface area contributed by atoms with Crippen LogP contribution in [0.3, 0.4) is 0 Å². The normalized spacial score (nSPS) is 12.9. The van der Waals surface area contributed by atoms with E-state index >= 15 is 0 Å². The van der Waals surface area contributed by atoms with Crippen LogP contribution in [0.2, 0.25) is 0 Å². The Morgan fingerprint density at radius 2 is 1.72 bits per heavy atom. The van der Waals surface area contributed by atoms with Crippen LogP contribution < -0.4 is 22.5 Å². The van der Waals surface area contributed by atoms with Crippen molar-refractivity contribution in [2.45, 2.75) is 60.2 Å². The van der Waals surface area contributed by atoms with Crippen LogP contribution in [0.25, 0.3) is 11.3 Å². The fourth-order valence-corrected chi connectivity index (χ4v) is 3.25. The molecule has 0 spiro atoms. The molecule has 0 aliphatic rings. The highest BCUT2D eigenvalue weighted by atomic mass is 15.0. The van der Waals surface area contributed by atoms with E-state index in [2.05, 4.69) is 51.2 Å². The summed E-state index contributed by atoms with van der Waals surface area (Å²) in [5.74, 6) is 0.855. The molecule has 0 radical (unpaired) electrons. The van der Waals surface area contributed by atoms with Crippen LogP contribution in [-0.2, 0) is 19.5 Å². The zero-order chi connectivity index (χ0) is 21.6. The molecule has 156 valence electrons. The van der Waals surface area contributed by atoms with Crippen molar-refractivity contribution in [2.24, 2.45) is 17.2 Å². The Kier molecular flexibility index (Phi) is 8.00. The zero-order valence-corrected chi connectivity index (χ0v) is 18.3. The van der Waals surface area contributed by atoms with Crippen LogP contribution in [-0.4, -0.2) is 11.0 Å². The number of pyridine rings is 1. The summed E-state index contributed by atoms with van der Waals surface area (Å²) in [6.07, 6.45) is 2.81. The second-order valence-electron chi connectivity index (χ2n) is 7.93. The molecule has 2 rings (SSSR count). The third-order valence-corrected chi connectivity index (χ3v) is 4.90. The Balaban J connectivity index is 2.58. The van der Waals surface area contributed by atoms with Gasteiger partial charge in [0.2, 0.25) is 0 Å². The van der Waals surface area contributed by atoms with Crippen LogP contribution in [0.15, 0.2) is 53.3 Å². The third kappa shape index (κ3) is 6.17. The maximum Gasteiger partial charge on any atom is 0.131 e. The number of hydrogen-bond acceptors (Lipinski definition) is 5. The number of allylic oxidation sites excluding steroid dienone is 4. The van der Waals surface area contributed by atoms with Crippen LogP contribution in [0.4, 0.5) is 5.82 Å². The molecule has 5 heteroatoms. The maximum atomic E-state index is 6.14. The average molecular weight is 394 g/mol. The van der Waals surface area contributed by atoms with Gasteiger partial charge < -0.3 is 22.5 Å². The summed E-state index contributed by atoms with van der Waals surface area (Å²) in [6.45, 7) is 11.3. The van der Waals surface area contributed by atoms with Gasteiger partial charge in [-0.1, -0.05) is 35.4 Å². The molecule has 2 aromatic rings. The van der Waals surface area contributed by atoms with E-state index < -0.39 is 0 Å². The summed E-state index contributed by atoms with van der Waals surface area (Å²) in [4.78, 5) is 4.90. The number of nitrogens with zero attached hydrogens (tertiary/aromatic N) is 1. The minimum atomic E-state index is 0.261. The highest BCUT2D eigenvalue weighted by molar-refractivity contribution is 5.66. The predicted molar refractivity (Wildman–Crippen MR) is 124 cm³/mol. The summed E-state index contributed by atoms with van der Waals surface area (Å²) in [5.41, 5.74) is 26.3. The van der Waals surface area contributed by atoms with Gasteiger partial charge in [0.05, 0.1) is 5.69 Å². The van der Waals surface area contributed by atoms with Crippen molar-refractivity contribution in [2.75, 3.05) is 5.32 Å². The van der Waals surface area contributed by atoms with Crippen LogP contribution in [0.5, 0.6) is 0 Å². The van der Waals surface area contributed by atoms with Crippen molar-refractivity contribution in [3.8, 4) is 11.3 Å². The highest BCUT2D eigenvalue weighted by Crippen LogP contribution is 2.28. The molecule has 7 N–H and O–H groups in total. The lowest BCUT2D eigenvalue weighted by atomic mass is 9.95. The van der Waals surface area contributed by atoms with Crippen LogP contribution in [0.1, 0.15) is 51.3 Å². The van der Waals surface area contributed by atoms with Crippen molar-refractivity contribution < 1.29 is 0 Å². The molecule has 5 nitrogen and oxygen atoms in total. The Morgan fingerprint density at radius 3 is 2.24 bits per heavy atom. The average Bonchev–Trinajstić information content (AvgIpc) is 2.66. The summed E-state index contributed by atoms with van der Waals surface area (Å²) in [5, 5.41) is 3.47. The monoisotopic (exact) mass is 393 g/mol. The number of benzene rings is 1. The Labute approximate surface area is 175 Å². The largest absolute Gasteiger partial charge is 0.402 e. The first-order valence-electron chi connectivity index (χ1n) is 10.1. The Hall–Kier alpha value is -2.63. The lowest BCUT2D eigenvalue weighted by Crippen LogP contribution is -2.16. The minimum Gasteiger partial charge on any atom is -0.402 e. The van der Waals surface area contributed by atoms with Crippen molar-refractivity contribution in [3.63, 3.8) is 0 Å². The lowest BCUT2D eigenvalue weighted by Gasteiger charge is -2.19. The fourth-order valence-electron chi connectivity index (χ4n) is 3.25. The van der Waals surface area contributed by atoms with Gasteiger partial charge >= 0.3 is 0 Å². The molecule has 0 aliphatic heterocycles. The molecule has 0 bridgehead atoms. The van der Waals surface area contributed by atoms with Gasteiger partial charge in [0.15, 0.2) is 0 Å². The van der Waals surface area contributed by atoms with E-state index in [-0.39, 0.29) is 6.04 Å². The number of hydrogen-bond donors (Lipinski definition) is 4. The molecule has 29 heavy (non-hydrogen) atoms. The standard InChI is InChI=1S/C24H35N5/c1-15(2)28-24-22(14-26)21(11-17(4)16(3)10-18(5)27)12-23(29-24)20-8-6-19(13-25)7-9-20/h6-10,12,15H,11,13-14,25-27H2,1-5H3,(H,28,29)/b17-16+,18-10-. The molecule has 0 fully saturated rings. The van der Waals surface area contributed by atoms with Gasteiger partial charge in [-0.3, -0.25) is 0 Å². The minimum absolute atomic E-state index is 0.261. The third-order valence-electron chi connectivity index (χ3n) is 4.90. The summed E-state index contributed by atoms with van der Waals surface area (Å²) < 4.78 is 0. The quantitative estimate of drug-likeness (QED) is 0.503. The van der Waals surface area contributed by atoms with Crippen LogP contribution >= 0.6 is 0 Å². The molecule has 0 saturated heterocycles. The van der Waals surface area contributed by atoms with Gasteiger partial charge in [-0.15, -0.1) is 0 Å². The number of aromatic nitrogens is 1. The van der Waals surface area contributed by atoms with Crippen molar-refractivity contribution in [1.29, 1.82) is 0 Å². The number of nitrogens with one attached hydrogen (secondary N) is 1. The number of rotatable bonds is 8. The van der Waals surface area contributed by atoms with E-state index in [0.29, 0.717) is 13.1 Å². The summed E-state index contributed by atoms with van der Waals surface area (Å²) in [7, 11) is 0. The fraction of sp³-hybridized carbons (Fsp3) is 0.375. The van der Waals surface area contributed by atoms with Crippen molar-refractivity contribution in [3.05, 3.63) is 69.9 Å². The lowest BCUT2D eigenvalue weighted by molar-refractivity contribution is 0.874. The molecule has 1 aromatic carbocycles. The first-order chi connectivity index (χ1) is 13.7. The van der Waals surface area contributed by atoms with E-state index in [1.807, 2.05) is 25.1 Å². The summed E-state index contributed by atoms with van der Waals surface area (Å²) in [6, 6.07) is 10.7. The van der Waals surface area contributed by atoms with E-state index in [1.54, 1.807) is 0 Å². The summed E-state index contributed by atoms with van der Waals surface area (Å²) >= 11 is 0. The first kappa shape index (κ1) is 22.7. The van der Waals surface area contributed by atoms with E-state index in [0.717, 1.165) is 40.3 Å². The molecule has 0 amide bonds. The van der Waals surface area contributed by atoms with Gasteiger partial charge in [0, 0.05) is 36.0 Å². The molecule has 0 atom stereocenters. The highest BCUT2D eigenvalue weighted by Gasteiger charge is 2.14. The van der Waals surface area contributed by atoms with Gasteiger partial charge in [-0.05, 0) is 64.3 Å². The zero-order valence-electron chi connectivity index (χ0n) is 18.3. The van der Waals surface area contributed by atoms with Gasteiger partial charge in [-0.2, -0.15) is 0 Å². The van der Waals surface area contributed by atoms with E-state index in [1.165, 1.54) is 16.7 Å². The second kappa shape index (κ2) is 10.2. The predicted octanol–water partition coefficient (Wildman–Crippen LogP) is 4.23.